The predicted octanol–water partition coefficient (Wildman–Crippen LogP) is 4.38. The predicted molar refractivity (Wildman–Crippen MR) is 134 cm³/mol. The number of carbonyl (C=O) groups is 1. The van der Waals surface area contributed by atoms with Crippen LogP contribution in [-0.2, 0) is 16.0 Å². The van der Waals surface area contributed by atoms with Gasteiger partial charge >= 0.3 is 0 Å². The summed E-state index contributed by atoms with van der Waals surface area (Å²) in [6, 6.07) is 18.0. The first-order valence-electron chi connectivity index (χ1n) is 11.9. The van der Waals surface area contributed by atoms with Crippen LogP contribution in [0, 0.1) is 12.8 Å². The number of piperazine rings is 1. The molecule has 2 aromatic carbocycles. The highest BCUT2D eigenvalue weighted by molar-refractivity contribution is 6.30. The molecule has 2 fully saturated rings. The van der Waals surface area contributed by atoms with E-state index >= 15 is 0 Å². The first-order chi connectivity index (χ1) is 16.6. The van der Waals surface area contributed by atoms with E-state index in [-0.39, 0.29) is 11.8 Å². The Morgan fingerprint density at radius 2 is 1.76 bits per heavy atom. The molecule has 0 bridgehead atoms. The van der Waals surface area contributed by atoms with Gasteiger partial charge in [0.25, 0.3) is 0 Å². The summed E-state index contributed by atoms with van der Waals surface area (Å²) < 4.78 is 5.42. The van der Waals surface area contributed by atoms with Crippen molar-refractivity contribution in [2.75, 3.05) is 44.3 Å². The Labute approximate surface area is 205 Å². The van der Waals surface area contributed by atoms with Gasteiger partial charge in [-0.25, -0.2) is 9.97 Å². The average molecular weight is 477 g/mol. The molecule has 1 atom stereocenters. The van der Waals surface area contributed by atoms with Gasteiger partial charge in [-0.05, 0) is 31.0 Å². The van der Waals surface area contributed by atoms with Crippen LogP contribution in [0.4, 0.5) is 5.82 Å². The molecule has 1 unspecified atom stereocenters. The lowest BCUT2D eigenvalue weighted by Crippen LogP contribution is -2.51. The van der Waals surface area contributed by atoms with Gasteiger partial charge in [0.2, 0.25) is 5.91 Å². The standard InChI is InChI=1S/C27H29ClN4O2/c1-19-24(17-20-7-9-23(28)10-8-20)26(30-25(29-19)21-5-3-2-4-6-21)31-12-14-32(15-13-31)27(33)22-11-16-34-18-22/h2-10,22H,11-18H2,1H3. The summed E-state index contributed by atoms with van der Waals surface area (Å²) >= 11 is 6.10. The molecule has 0 saturated carbocycles. The summed E-state index contributed by atoms with van der Waals surface area (Å²) in [6.45, 7) is 6.18. The van der Waals surface area contributed by atoms with E-state index in [4.69, 9.17) is 26.3 Å². The minimum Gasteiger partial charge on any atom is -0.381 e. The normalized spacial score (nSPS) is 18.4. The number of hydrogen-bond acceptors (Lipinski definition) is 5. The Morgan fingerprint density at radius 1 is 1.03 bits per heavy atom. The van der Waals surface area contributed by atoms with E-state index in [9.17, 15) is 4.79 Å². The molecule has 2 aliphatic rings. The summed E-state index contributed by atoms with van der Waals surface area (Å²) in [6.07, 6.45) is 1.56. The first kappa shape index (κ1) is 22.8. The van der Waals surface area contributed by atoms with E-state index in [1.54, 1.807) is 0 Å². The van der Waals surface area contributed by atoms with E-state index in [1.165, 1.54) is 5.56 Å². The van der Waals surface area contributed by atoms with E-state index in [1.807, 2.05) is 47.4 Å². The largest absolute Gasteiger partial charge is 0.381 e. The number of amides is 1. The van der Waals surface area contributed by atoms with Crippen molar-refractivity contribution in [1.29, 1.82) is 0 Å². The Bertz CT molecular complexity index is 1140. The minimum absolute atomic E-state index is 0.0120. The molecule has 2 saturated heterocycles. The van der Waals surface area contributed by atoms with Crippen molar-refractivity contribution in [2.45, 2.75) is 19.8 Å². The number of halogens is 1. The van der Waals surface area contributed by atoms with Crippen LogP contribution in [-0.4, -0.2) is 60.2 Å². The third-order valence-electron chi connectivity index (χ3n) is 6.69. The van der Waals surface area contributed by atoms with E-state index in [2.05, 4.69) is 24.0 Å². The molecule has 1 aromatic heterocycles. The molecule has 3 aromatic rings. The number of ether oxygens (including phenoxy) is 1. The second-order valence-corrected chi connectivity index (χ2v) is 9.41. The lowest BCUT2D eigenvalue weighted by Gasteiger charge is -2.37. The molecular weight excluding hydrogens is 448 g/mol. The number of nitrogens with zero attached hydrogens (tertiary/aromatic N) is 4. The van der Waals surface area contributed by atoms with E-state index in [0.29, 0.717) is 26.3 Å². The number of rotatable bonds is 5. The molecule has 6 nitrogen and oxygen atoms in total. The minimum atomic E-state index is 0.0120. The molecule has 3 heterocycles. The highest BCUT2D eigenvalue weighted by Crippen LogP contribution is 2.29. The molecule has 0 N–H and O–H groups in total. The van der Waals surface area contributed by atoms with Gasteiger partial charge in [-0.1, -0.05) is 54.1 Å². The van der Waals surface area contributed by atoms with Crippen LogP contribution >= 0.6 is 11.6 Å². The number of anilines is 1. The maximum absolute atomic E-state index is 12.9. The molecule has 5 rings (SSSR count). The maximum Gasteiger partial charge on any atom is 0.228 e. The summed E-state index contributed by atoms with van der Waals surface area (Å²) in [5.41, 5.74) is 4.26. The highest BCUT2D eigenvalue weighted by atomic mass is 35.5. The van der Waals surface area contributed by atoms with Crippen LogP contribution in [0.5, 0.6) is 0 Å². The summed E-state index contributed by atoms with van der Waals surface area (Å²) in [7, 11) is 0. The summed E-state index contributed by atoms with van der Waals surface area (Å²) in [5.74, 6) is 1.92. The molecule has 0 radical (unpaired) electrons. The first-order valence-corrected chi connectivity index (χ1v) is 12.2. The van der Waals surface area contributed by atoms with Crippen LogP contribution in [0.1, 0.15) is 23.2 Å². The van der Waals surface area contributed by atoms with Crippen molar-refractivity contribution in [3.05, 3.63) is 76.4 Å². The van der Waals surface area contributed by atoms with Gasteiger partial charge in [-0.2, -0.15) is 0 Å². The lowest BCUT2D eigenvalue weighted by molar-refractivity contribution is -0.135. The molecular formula is C27H29ClN4O2. The van der Waals surface area contributed by atoms with Crippen molar-refractivity contribution in [3.63, 3.8) is 0 Å². The highest BCUT2D eigenvalue weighted by Gasteiger charge is 2.31. The van der Waals surface area contributed by atoms with Crippen molar-refractivity contribution in [3.8, 4) is 11.4 Å². The van der Waals surface area contributed by atoms with Crippen molar-refractivity contribution in [1.82, 2.24) is 14.9 Å². The third kappa shape index (κ3) is 4.93. The monoisotopic (exact) mass is 476 g/mol. The molecule has 34 heavy (non-hydrogen) atoms. The van der Waals surface area contributed by atoms with Gasteiger partial charge in [0.1, 0.15) is 5.82 Å². The molecule has 0 aliphatic carbocycles. The number of benzene rings is 2. The maximum atomic E-state index is 12.9. The van der Waals surface area contributed by atoms with Crippen LogP contribution in [0.3, 0.4) is 0 Å². The Balaban J connectivity index is 1.43. The van der Waals surface area contributed by atoms with Crippen LogP contribution < -0.4 is 4.90 Å². The van der Waals surface area contributed by atoms with Crippen molar-refractivity contribution < 1.29 is 9.53 Å². The molecule has 1 amide bonds. The van der Waals surface area contributed by atoms with Crippen molar-refractivity contribution in [2.24, 2.45) is 5.92 Å². The Hall–Kier alpha value is -2.96. The zero-order valence-corrected chi connectivity index (χ0v) is 20.2. The van der Waals surface area contributed by atoms with Gasteiger partial charge in [0, 0.05) is 61.1 Å². The zero-order chi connectivity index (χ0) is 23.5. The van der Waals surface area contributed by atoms with Crippen LogP contribution in [0.15, 0.2) is 54.6 Å². The summed E-state index contributed by atoms with van der Waals surface area (Å²) in [4.78, 5) is 27.1. The second-order valence-electron chi connectivity index (χ2n) is 8.98. The van der Waals surface area contributed by atoms with E-state index in [0.717, 1.165) is 59.4 Å². The quantitative estimate of drug-likeness (QED) is 0.547. The number of aryl methyl sites for hydroxylation is 1. The van der Waals surface area contributed by atoms with Gasteiger partial charge in [0.15, 0.2) is 5.82 Å². The third-order valence-corrected chi connectivity index (χ3v) is 6.94. The van der Waals surface area contributed by atoms with Gasteiger partial charge in [0.05, 0.1) is 12.5 Å². The topological polar surface area (TPSA) is 58.6 Å². The van der Waals surface area contributed by atoms with E-state index < -0.39 is 0 Å². The fraction of sp³-hybridized carbons (Fsp3) is 0.370. The number of hydrogen-bond donors (Lipinski definition) is 0. The van der Waals surface area contributed by atoms with Crippen molar-refractivity contribution >= 4 is 23.3 Å². The molecule has 0 spiro atoms. The molecule has 2 aliphatic heterocycles. The van der Waals surface area contributed by atoms with Gasteiger partial charge < -0.3 is 14.5 Å². The van der Waals surface area contributed by atoms with Crippen LogP contribution in [0.2, 0.25) is 5.02 Å². The van der Waals surface area contributed by atoms with Crippen LogP contribution in [0.25, 0.3) is 11.4 Å². The fourth-order valence-electron chi connectivity index (χ4n) is 4.70. The SMILES string of the molecule is Cc1nc(-c2ccccc2)nc(N2CCN(C(=O)C3CCOC3)CC2)c1Cc1ccc(Cl)cc1. The smallest absolute Gasteiger partial charge is 0.228 e. The Morgan fingerprint density at radius 3 is 2.44 bits per heavy atom. The number of aromatic nitrogens is 2. The zero-order valence-electron chi connectivity index (χ0n) is 19.4. The lowest BCUT2D eigenvalue weighted by atomic mass is 10.0. The second kappa shape index (κ2) is 10.1. The molecule has 7 heteroatoms. The van der Waals surface area contributed by atoms with Gasteiger partial charge in [-0.15, -0.1) is 0 Å². The average Bonchev–Trinajstić information content (AvgIpc) is 3.42. The molecule has 176 valence electrons. The number of carbonyl (C=O) groups excluding carboxylic acids is 1. The fourth-order valence-corrected chi connectivity index (χ4v) is 4.82. The Kier molecular flexibility index (Phi) is 6.79. The van der Waals surface area contributed by atoms with Gasteiger partial charge in [-0.3, -0.25) is 4.79 Å². The summed E-state index contributed by atoms with van der Waals surface area (Å²) in [5, 5.41) is 0.727.